The second kappa shape index (κ2) is 7.79. The van der Waals surface area contributed by atoms with E-state index < -0.39 is 0 Å². The van der Waals surface area contributed by atoms with Crippen molar-refractivity contribution >= 4 is 27.5 Å². The van der Waals surface area contributed by atoms with E-state index in [2.05, 4.69) is 34.7 Å². The average Bonchev–Trinajstić information content (AvgIpc) is 3.04. The van der Waals surface area contributed by atoms with Gasteiger partial charge in [-0.25, -0.2) is 0 Å². The number of carbonyl (C=O) groups excluding carboxylic acids is 1. The van der Waals surface area contributed by atoms with E-state index in [-0.39, 0.29) is 5.91 Å². The van der Waals surface area contributed by atoms with Gasteiger partial charge < -0.3 is 9.30 Å². The summed E-state index contributed by atoms with van der Waals surface area (Å²) in [6.07, 6.45) is 4.62. The van der Waals surface area contributed by atoms with Crippen LogP contribution in [0.4, 0.5) is 0 Å². The van der Waals surface area contributed by atoms with Crippen molar-refractivity contribution in [1.29, 1.82) is 0 Å². The molecule has 0 bridgehead atoms. The SMILES string of the molecule is COCCn1c(=NC(=O)c2ccc3c(c2)CCCC3)sc2cccc(C)c21. The maximum atomic E-state index is 12.9. The number of thiazole rings is 1. The fourth-order valence-corrected chi connectivity index (χ4v) is 4.93. The molecule has 0 saturated heterocycles. The number of ether oxygens (including phenoxy) is 1. The summed E-state index contributed by atoms with van der Waals surface area (Å²) in [6.45, 7) is 3.35. The van der Waals surface area contributed by atoms with Crippen LogP contribution < -0.4 is 4.80 Å². The van der Waals surface area contributed by atoms with Crippen LogP contribution in [0.2, 0.25) is 0 Å². The van der Waals surface area contributed by atoms with Crippen molar-refractivity contribution in [2.75, 3.05) is 13.7 Å². The highest BCUT2D eigenvalue weighted by atomic mass is 32.1. The first-order chi connectivity index (χ1) is 13.2. The molecule has 2 aromatic carbocycles. The maximum Gasteiger partial charge on any atom is 0.279 e. The van der Waals surface area contributed by atoms with Crippen LogP contribution in [0.5, 0.6) is 0 Å². The molecule has 140 valence electrons. The van der Waals surface area contributed by atoms with Crippen molar-refractivity contribution in [1.82, 2.24) is 4.57 Å². The van der Waals surface area contributed by atoms with Gasteiger partial charge in [-0.2, -0.15) is 4.99 Å². The van der Waals surface area contributed by atoms with Crippen LogP contribution in [0.3, 0.4) is 0 Å². The molecule has 1 aromatic heterocycles. The first-order valence-electron chi connectivity index (χ1n) is 9.46. The molecule has 1 amide bonds. The lowest BCUT2D eigenvalue weighted by molar-refractivity contribution is 0.0997. The molecule has 1 aliphatic rings. The first kappa shape index (κ1) is 18.1. The van der Waals surface area contributed by atoms with Crippen LogP contribution in [0.1, 0.15) is 39.9 Å². The van der Waals surface area contributed by atoms with E-state index in [4.69, 9.17) is 4.74 Å². The van der Waals surface area contributed by atoms with E-state index >= 15 is 0 Å². The number of methoxy groups -OCH3 is 1. The summed E-state index contributed by atoms with van der Waals surface area (Å²) in [5.41, 5.74) is 5.69. The summed E-state index contributed by atoms with van der Waals surface area (Å²) >= 11 is 1.56. The lowest BCUT2D eigenvalue weighted by atomic mass is 9.90. The molecule has 0 atom stereocenters. The summed E-state index contributed by atoms with van der Waals surface area (Å²) in [5.74, 6) is -0.168. The molecule has 0 fully saturated rings. The second-order valence-corrected chi connectivity index (χ2v) is 8.07. The highest BCUT2D eigenvalue weighted by Crippen LogP contribution is 2.23. The number of para-hydroxylation sites is 1. The molecule has 1 heterocycles. The molecular weight excluding hydrogens is 356 g/mol. The Morgan fingerprint density at radius 1 is 1.19 bits per heavy atom. The van der Waals surface area contributed by atoms with Crippen LogP contribution in [0.15, 0.2) is 41.4 Å². The minimum atomic E-state index is -0.168. The van der Waals surface area contributed by atoms with E-state index in [9.17, 15) is 4.79 Å². The molecule has 0 unspecified atom stereocenters. The number of hydrogen-bond acceptors (Lipinski definition) is 3. The van der Waals surface area contributed by atoms with Crippen LogP contribution in [0.25, 0.3) is 10.2 Å². The monoisotopic (exact) mass is 380 g/mol. The number of aryl methyl sites for hydroxylation is 3. The van der Waals surface area contributed by atoms with E-state index in [0.29, 0.717) is 18.7 Å². The van der Waals surface area contributed by atoms with Crippen molar-refractivity contribution in [3.05, 3.63) is 63.5 Å². The van der Waals surface area contributed by atoms with Crippen molar-refractivity contribution in [3.8, 4) is 0 Å². The van der Waals surface area contributed by atoms with Gasteiger partial charge in [0.1, 0.15) is 0 Å². The molecule has 0 N–H and O–H groups in total. The van der Waals surface area contributed by atoms with E-state index in [1.807, 2.05) is 18.2 Å². The third-order valence-corrected chi connectivity index (χ3v) is 6.26. The Labute approximate surface area is 163 Å². The fourth-order valence-electron chi connectivity index (χ4n) is 3.80. The second-order valence-electron chi connectivity index (χ2n) is 7.06. The van der Waals surface area contributed by atoms with Gasteiger partial charge in [0.25, 0.3) is 5.91 Å². The molecule has 27 heavy (non-hydrogen) atoms. The minimum absolute atomic E-state index is 0.168. The zero-order chi connectivity index (χ0) is 18.8. The van der Waals surface area contributed by atoms with Gasteiger partial charge >= 0.3 is 0 Å². The molecule has 0 spiro atoms. The van der Waals surface area contributed by atoms with Crippen LogP contribution in [-0.4, -0.2) is 24.2 Å². The number of fused-ring (bicyclic) bond motifs is 2. The van der Waals surface area contributed by atoms with Gasteiger partial charge in [0.2, 0.25) is 0 Å². The third-order valence-electron chi connectivity index (χ3n) is 5.21. The number of rotatable bonds is 4. The Morgan fingerprint density at radius 2 is 2.00 bits per heavy atom. The highest BCUT2D eigenvalue weighted by molar-refractivity contribution is 7.16. The van der Waals surface area contributed by atoms with Crippen LogP contribution in [-0.2, 0) is 24.1 Å². The molecule has 0 radical (unpaired) electrons. The Kier molecular flexibility index (Phi) is 5.23. The predicted octanol–water partition coefficient (Wildman–Crippen LogP) is 4.28. The topological polar surface area (TPSA) is 43.6 Å². The van der Waals surface area contributed by atoms with E-state index in [0.717, 1.165) is 27.9 Å². The molecule has 4 rings (SSSR count). The predicted molar refractivity (Wildman–Crippen MR) is 109 cm³/mol. The van der Waals surface area contributed by atoms with Gasteiger partial charge in [-0.15, -0.1) is 0 Å². The Hall–Kier alpha value is -2.24. The fraction of sp³-hybridized carbons (Fsp3) is 0.364. The molecule has 5 heteroatoms. The number of aromatic nitrogens is 1. The summed E-state index contributed by atoms with van der Waals surface area (Å²) in [7, 11) is 1.69. The molecular formula is C22H24N2O2S. The summed E-state index contributed by atoms with van der Waals surface area (Å²) in [5, 5.41) is 0. The minimum Gasteiger partial charge on any atom is -0.383 e. The molecule has 4 nitrogen and oxygen atoms in total. The highest BCUT2D eigenvalue weighted by Gasteiger charge is 2.14. The van der Waals surface area contributed by atoms with Gasteiger partial charge in [0.05, 0.1) is 16.8 Å². The largest absolute Gasteiger partial charge is 0.383 e. The summed E-state index contributed by atoms with van der Waals surface area (Å²) in [6, 6.07) is 12.3. The van der Waals surface area contributed by atoms with Crippen molar-refractivity contribution in [2.45, 2.75) is 39.2 Å². The third kappa shape index (κ3) is 3.62. The number of hydrogen-bond donors (Lipinski definition) is 0. The van der Waals surface area contributed by atoms with Gasteiger partial charge in [-0.05, 0) is 67.5 Å². The summed E-state index contributed by atoms with van der Waals surface area (Å²) < 4.78 is 8.52. The Balaban J connectivity index is 1.77. The van der Waals surface area contributed by atoms with Gasteiger partial charge in [0.15, 0.2) is 4.80 Å². The van der Waals surface area contributed by atoms with Crippen LogP contribution in [0, 0.1) is 6.92 Å². The number of benzene rings is 2. The van der Waals surface area contributed by atoms with Crippen molar-refractivity contribution < 1.29 is 9.53 Å². The number of nitrogens with zero attached hydrogens (tertiary/aromatic N) is 2. The summed E-state index contributed by atoms with van der Waals surface area (Å²) in [4.78, 5) is 18.1. The molecule has 0 saturated carbocycles. The first-order valence-corrected chi connectivity index (χ1v) is 10.3. The van der Waals surface area contributed by atoms with E-state index in [1.54, 1.807) is 18.4 Å². The standard InChI is InChI=1S/C22H24N2O2S/c1-15-6-5-9-19-20(15)24(12-13-26-2)22(27-19)23-21(25)18-11-10-16-7-3-4-8-17(16)14-18/h5-6,9-11,14H,3-4,7-8,12-13H2,1-2H3. The number of amides is 1. The maximum absolute atomic E-state index is 12.9. The van der Waals surface area contributed by atoms with E-state index in [1.165, 1.54) is 29.5 Å². The lowest BCUT2D eigenvalue weighted by Gasteiger charge is -2.15. The van der Waals surface area contributed by atoms with Crippen molar-refractivity contribution in [2.24, 2.45) is 4.99 Å². The lowest BCUT2D eigenvalue weighted by Crippen LogP contribution is -2.20. The Morgan fingerprint density at radius 3 is 2.81 bits per heavy atom. The smallest absolute Gasteiger partial charge is 0.279 e. The normalized spacial score (nSPS) is 14.5. The number of carbonyl (C=O) groups is 1. The van der Waals surface area contributed by atoms with Gasteiger partial charge in [0, 0.05) is 19.2 Å². The quantitative estimate of drug-likeness (QED) is 0.678. The molecule has 1 aliphatic carbocycles. The zero-order valence-corrected chi connectivity index (χ0v) is 16.6. The van der Waals surface area contributed by atoms with Gasteiger partial charge in [-0.1, -0.05) is 29.5 Å². The molecule has 3 aromatic rings. The van der Waals surface area contributed by atoms with Gasteiger partial charge in [-0.3, -0.25) is 4.79 Å². The Bertz CT molecular complexity index is 1060. The van der Waals surface area contributed by atoms with Crippen molar-refractivity contribution in [3.63, 3.8) is 0 Å². The average molecular weight is 381 g/mol. The molecule has 0 aliphatic heterocycles. The van der Waals surface area contributed by atoms with Crippen LogP contribution >= 0.6 is 11.3 Å². The zero-order valence-electron chi connectivity index (χ0n) is 15.8.